The maximum absolute atomic E-state index is 12.0. The van der Waals surface area contributed by atoms with E-state index in [0.717, 1.165) is 25.9 Å². The first kappa shape index (κ1) is 13.6. The number of nitrogens with one attached hydrogen (secondary N) is 2. The fourth-order valence-electron chi connectivity index (χ4n) is 2.44. The largest absolute Gasteiger partial charge is 0.505 e. The van der Waals surface area contributed by atoms with Gasteiger partial charge in [0.2, 0.25) is 0 Å². The number of anilines is 1. The Morgan fingerprint density at radius 3 is 3.00 bits per heavy atom. The summed E-state index contributed by atoms with van der Waals surface area (Å²) in [7, 11) is 0. The number of piperidine rings is 1. The van der Waals surface area contributed by atoms with Gasteiger partial charge in [-0.15, -0.1) is 0 Å². The number of rotatable bonds is 3. The van der Waals surface area contributed by atoms with Gasteiger partial charge in [0.15, 0.2) is 5.69 Å². The molecule has 0 atom stereocenters. The molecule has 1 amide bonds. The van der Waals surface area contributed by atoms with Gasteiger partial charge < -0.3 is 15.7 Å². The average molecular weight is 287 g/mol. The molecule has 2 aromatic heterocycles. The molecule has 3 N–H and O–H groups in total. The second-order valence-corrected chi connectivity index (χ2v) is 5.02. The molecule has 110 valence electrons. The highest BCUT2D eigenvalue weighted by Gasteiger charge is 2.17. The summed E-state index contributed by atoms with van der Waals surface area (Å²) < 4.78 is 1.88. The predicted molar refractivity (Wildman–Crippen MR) is 77.2 cm³/mol. The fourth-order valence-corrected chi connectivity index (χ4v) is 2.44. The summed E-state index contributed by atoms with van der Waals surface area (Å²) in [6, 6.07) is 3.36. The van der Waals surface area contributed by atoms with E-state index in [0.29, 0.717) is 11.7 Å². The molecular weight excluding hydrogens is 270 g/mol. The third-order valence-electron chi connectivity index (χ3n) is 3.54. The number of aromatic hydroxyl groups is 1. The Bertz CT molecular complexity index is 634. The summed E-state index contributed by atoms with van der Waals surface area (Å²) in [5.74, 6) is -0.585. The molecule has 1 aliphatic heterocycles. The molecule has 0 saturated carbocycles. The van der Waals surface area contributed by atoms with Gasteiger partial charge in [-0.1, -0.05) is 0 Å². The van der Waals surface area contributed by atoms with Crippen LogP contribution in [0.1, 0.15) is 29.4 Å². The fraction of sp³-hybridized carbons (Fsp3) is 0.357. The molecule has 3 rings (SSSR count). The lowest BCUT2D eigenvalue weighted by molar-refractivity contribution is 0.101. The van der Waals surface area contributed by atoms with Crippen molar-refractivity contribution in [3.8, 4) is 5.75 Å². The number of hydrogen-bond acceptors (Lipinski definition) is 5. The molecule has 1 fully saturated rings. The van der Waals surface area contributed by atoms with Crippen LogP contribution < -0.4 is 10.6 Å². The van der Waals surface area contributed by atoms with Crippen molar-refractivity contribution in [2.75, 3.05) is 18.4 Å². The average Bonchev–Trinajstić information content (AvgIpc) is 2.97. The van der Waals surface area contributed by atoms with Crippen molar-refractivity contribution < 1.29 is 9.90 Å². The zero-order valence-electron chi connectivity index (χ0n) is 11.5. The smallest absolute Gasteiger partial charge is 0.278 e. The molecule has 7 nitrogen and oxygen atoms in total. The number of carbonyl (C=O) groups is 1. The molecule has 0 aliphatic carbocycles. The normalized spacial score (nSPS) is 15.8. The minimum Gasteiger partial charge on any atom is -0.505 e. The standard InChI is InChI=1S/C14H17N5O2/c20-12-2-1-5-16-13(12)14(21)18-10-8-17-19(9-10)11-3-6-15-7-4-11/h1-2,5,8-9,11,15,20H,3-4,6-7H2,(H,18,21). The van der Waals surface area contributed by atoms with Crippen LogP contribution >= 0.6 is 0 Å². The van der Waals surface area contributed by atoms with Crippen LogP contribution in [-0.4, -0.2) is 38.9 Å². The molecule has 21 heavy (non-hydrogen) atoms. The van der Waals surface area contributed by atoms with Crippen molar-refractivity contribution >= 4 is 11.6 Å². The molecule has 1 aliphatic rings. The van der Waals surface area contributed by atoms with Crippen molar-refractivity contribution in [2.45, 2.75) is 18.9 Å². The minimum absolute atomic E-state index is 0.00659. The summed E-state index contributed by atoms with van der Waals surface area (Å²) in [6.07, 6.45) is 6.94. The first-order valence-corrected chi connectivity index (χ1v) is 6.94. The second-order valence-electron chi connectivity index (χ2n) is 5.02. The van der Waals surface area contributed by atoms with E-state index in [-0.39, 0.29) is 11.4 Å². The van der Waals surface area contributed by atoms with E-state index in [4.69, 9.17) is 0 Å². The van der Waals surface area contributed by atoms with Gasteiger partial charge in [0, 0.05) is 12.4 Å². The van der Waals surface area contributed by atoms with Crippen LogP contribution in [-0.2, 0) is 0 Å². The van der Waals surface area contributed by atoms with Crippen LogP contribution in [0.2, 0.25) is 0 Å². The predicted octanol–water partition coefficient (Wildman–Crippen LogP) is 1.16. The Hall–Kier alpha value is -2.41. The van der Waals surface area contributed by atoms with Gasteiger partial charge in [-0.05, 0) is 38.1 Å². The number of pyridine rings is 1. The SMILES string of the molecule is O=C(Nc1cnn(C2CCNCC2)c1)c1ncccc1O. The second kappa shape index (κ2) is 5.92. The molecule has 2 aromatic rings. The van der Waals surface area contributed by atoms with E-state index in [9.17, 15) is 9.90 Å². The maximum Gasteiger partial charge on any atom is 0.278 e. The van der Waals surface area contributed by atoms with Gasteiger partial charge in [0.05, 0.1) is 17.9 Å². The van der Waals surface area contributed by atoms with Gasteiger partial charge >= 0.3 is 0 Å². The number of hydrogen-bond donors (Lipinski definition) is 3. The lowest BCUT2D eigenvalue weighted by atomic mass is 10.1. The van der Waals surface area contributed by atoms with E-state index >= 15 is 0 Å². The summed E-state index contributed by atoms with van der Waals surface area (Å²) in [5.41, 5.74) is 0.607. The maximum atomic E-state index is 12.0. The first-order valence-electron chi connectivity index (χ1n) is 6.94. The Morgan fingerprint density at radius 2 is 2.24 bits per heavy atom. The molecule has 1 saturated heterocycles. The first-order chi connectivity index (χ1) is 10.2. The highest BCUT2D eigenvalue weighted by atomic mass is 16.3. The van der Waals surface area contributed by atoms with Gasteiger partial charge in [0.25, 0.3) is 5.91 Å². The van der Waals surface area contributed by atoms with Gasteiger partial charge in [-0.3, -0.25) is 9.48 Å². The van der Waals surface area contributed by atoms with E-state index < -0.39 is 5.91 Å². The zero-order valence-corrected chi connectivity index (χ0v) is 11.5. The lowest BCUT2D eigenvalue weighted by Crippen LogP contribution is -2.29. The summed E-state index contributed by atoms with van der Waals surface area (Å²) in [6.45, 7) is 1.96. The van der Waals surface area contributed by atoms with Crippen LogP contribution in [0, 0.1) is 0 Å². The Balaban J connectivity index is 1.69. The van der Waals surface area contributed by atoms with Gasteiger partial charge in [-0.2, -0.15) is 5.10 Å². The van der Waals surface area contributed by atoms with Crippen LogP contribution in [0.15, 0.2) is 30.7 Å². The Morgan fingerprint density at radius 1 is 1.43 bits per heavy atom. The monoisotopic (exact) mass is 287 g/mol. The topological polar surface area (TPSA) is 92.1 Å². The third-order valence-corrected chi connectivity index (χ3v) is 3.54. The van der Waals surface area contributed by atoms with Gasteiger partial charge in [-0.25, -0.2) is 4.98 Å². The Labute approximate surface area is 122 Å². The molecule has 0 aromatic carbocycles. The Kier molecular flexibility index (Phi) is 3.83. The van der Waals surface area contributed by atoms with E-state index in [1.807, 2.05) is 10.9 Å². The molecule has 3 heterocycles. The molecule has 7 heteroatoms. The minimum atomic E-state index is -0.446. The van der Waals surface area contributed by atoms with Crippen molar-refractivity contribution in [3.05, 3.63) is 36.4 Å². The molecule has 0 spiro atoms. The van der Waals surface area contributed by atoms with Crippen molar-refractivity contribution in [3.63, 3.8) is 0 Å². The van der Waals surface area contributed by atoms with Crippen LogP contribution in [0.3, 0.4) is 0 Å². The summed E-state index contributed by atoms with van der Waals surface area (Å²) in [5, 5.41) is 19.9. The third kappa shape index (κ3) is 3.03. The highest BCUT2D eigenvalue weighted by molar-refractivity contribution is 6.04. The molecular formula is C14H17N5O2. The molecule has 0 radical (unpaired) electrons. The van der Waals surface area contributed by atoms with Crippen LogP contribution in [0.4, 0.5) is 5.69 Å². The molecule has 0 bridgehead atoms. The van der Waals surface area contributed by atoms with E-state index in [1.165, 1.54) is 12.3 Å². The van der Waals surface area contributed by atoms with Crippen molar-refractivity contribution in [1.29, 1.82) is 0 Å². The van der Waals surface area contributed by atoms with E-state index in [2.05, 4.69) is 20.7 Å². The zero-order chi connectivity index (χ0) is 14.7. The van der Waals surface area contributed by atoms with Crippen LogP contribution in [0.5, 0.6) is 5.75 Å². The van der Waals surface area contributed by atoms with Crippen molar-refractivity contribution in [2.24, 2.45) is 0 Å². The van der Waals surface area contributed by atoms with Crippen molar-refractivity contribution in [1.82, 2.24) is 20.1 Å². The number of amides is 1. The van der Waals surface area contributed by atoms with Crippen LogP contribution in [0.25, 0.3) is 0 Å². The number of carbonyl (C=O) groups excluding carboxylic acids is 1. The number of nitrogens with zero attached hydrogens (tertiary/aromatic N) is 3. The lowest BCUT2D eigenvalue weighted by Gasteiger charge is -2.22. The summed E-state index contributed by atoms with van der Waals surface area (Å²) >= 11 is 0. The van der Waals surface area contributed by atoms with E-state index in [1.54, 1.807) is 12.3 Å². The molecule has 0 unspecified atom stereocenters. The highest BCUT2D eigenvalue weighted by Crippen LogP contribution is 2.20. The number of aromatic nitrogens is 3. The van der Waals surface area contributed by atoms with Gasteiger partial charge in [0.1, 0.15) is 5.75 Å². The summed E-state index contributed by atoms with van der Waals surface area (Å²) in [4.78, 5) is 15.9. The quantitative estimate of drug-likeness (QED) is 0.788.